The van der Waals surface area contributed by atoms with E-state index in [0.717, 1.165) is 11.6 Å². The minimum atomic E-state index is 0.652. The van der Waals surface area contributed by atoms with Crippen molar-refractivity contribution in [2.24, 2.45) is 0 Å². The molecule has 70 valence electrons. The molecule has 0 aromatic carbocycles. The summed E-state index contributed by atoms with van der Waals surface area (Å²) >= 11 is 0. The predicted molar refractivity (Wildman–Crippen MR) is 55.0 cm³/mol. The Morgan fingerprint density at radius 3 is 2.69 bits per heavy atom. The Hall–Kier alpha value is -1.25. The fourth-order valence-corrected chi connectivity index (χ4v) is 1.42. The zero-order chi connectivity index (χ0) is 9.10. The molecule has 0 bridgehead atoms. The summed E-state index contributed by atoms with van der Waals surface area (Å²) in [6, 6.07) is 6.64. The summed E-state index contributed by atoms with van der Waals surface area (Å²) in [5.74, 6) is 1.90. The SMILES string of the molecule is CNc1cccc(NC2CCC2)n1. The molecule has 0 spiro atoms. The van der Waals surface area contributed by atoms with Crippen LogP contribution in [0.15, 0.2) is 18.2 Å². The first-order valence-electron chi connectivity index (χ1n) is 4.80. The largest absolute Gasteiger partial charge is 0.373 e. The van der Waals surface area contributed by atoms with Gasteiger partial charge >= 0.3 is 0 Å². The summed E-state index contributed by atoms with van der Waals surface area (Å²) < 4.78 is 0. The number of anilines is 2. The monoisotopic (exact) mass is 177 g/mol. The zero-order valence-electron chi connectivity index (χ0n) is 7.88. The molecule has 0 atom stereocenters. The molecule has 0 unspecified atom stereocenters. The Labute approximate surface area is 78.6 Å². The lowest BCUT2D eigenvalue weighted by Crippen LogP contribution is -2.27. The molecule has 1 aliphatic carbocycles. The average Bonchev–Trinajstić information content (AvgIpc) is 2.12. The van der Waals surface area contributed by atoms with Gasteiger partial charge < -0.3 is 10.6 Å². The van der Waals surface area contributed by atoms with E-state index in [4.69, 9.17) is 0 Å². The van der Waals surface area contributed by atoms with Gasteiger partial charge in [-0.25, -0.2) is 4.98 Å². The highest BCUT2D eigenvalue weighted by Gasteiger charge is 2.16. The van der Waals surface area contributed by atoms with Gasteiger partial charge in [0.1, 0.15) is 11.6 Å². The third-order valence-corrected chi connectivity index (χ3v) is 2.46. The van der Waals surface area contributed by atoms with Crippen LogP contribution in [-0.4, -0.2) is 18.1 Å². The maximum atomic E-state index is 4.39. The van der Waals surface area contributed by atoms with Crippen LogP contribution in [0.5, 0.6) is 0 Å². The van der Waals surface area contributed by atoms with Crippen molar-refractivity contribution in [3.8, 4) is 0 Å². The summed E-state index contributed by atoms with van der Waals surface area (Å²) in [7, 11) is 1.88. The molecule has 1 aliphatic rings. The first-order chi connectivity index (χ1) is 6.38. The van der Waals surface area contributed by atoms with E-state index in [2.05, 4.69) is 15.6 Å². The van der Waals surface area contributed by atoms with Gasteiger partial charge in [-0.1, -0.05) is 6.07 Å². The van der Waals surface area contributed by atoms with Gasteiger partial charge in [0, 0.05) is 13.1 Å². The van der Waals surface area contributed by atoms with Gasteiger partial charge in [-0.2, -0.15) is 0 Å². The van der Waals surface area contributed by atoms with Crippen molar-refractivity contribution in [1.29, 1.82) is 0 Å². The molecular weight excluding hydrogens is 162 g/mol. The number of hydrogen-bond donors (Lipinski definition) is 2. The lowest BCUT2D eigenvalue weighted by atomic mass is 9.93. The van der Waals surface area contributed by atoms with Crippen molar-refractivity contribution >= 4 is 11.6 Å². The second-order valence-electron chi connectivity index (χ2n) is 3.43. The lowest BCUT2D eigenvalue weighted by molar-refractivity contribution is 0.444. The minimum absolute atomic E-state index is 0.652. The Morgan fingerprint density at radius 1 is 1.31 bits per heavy atom. The highest BCUT2D eigenvalue weighted by molar-refractivity contribution is 5.45. The summed E-state index contributed by atoms with van der Waals surface area (Å²) in [4.78, 5) is 4.39. The second-order valence-corrected chi connectivity index (χ2v) is 3.43. The topological polar surface area (TPSA) is 37.0 Å². The summed E-state index contributed by atoms with van der Waals surface area (Å²) in [5.41, 5.74) is 0. The molecule has 0 aliphatic heterocycles. The van der Waals surface area contributed by atoms with Crippen LogP contribution in [0.4, 0.5) is 11.6 Å². The lowest BCUT2D eigenvalue weighted by Gasteiger charge is -2.26. The molecule has 2 N–H and O–H groups in total. The van der Waals surface area contributed by atoms with E-state index in [0.29, 0.717) is 6.04 Å². The van der Waals surface area contributed by atoms with Gasteiger partial charge in [-0.3, -0.25) is 0 Å². The zero-order valence-corrected chi connectivity index (χ0v) is 7.88. The van der Waals surface area contributed by atoms with Crippen molar-refractivity contribution in [2.75, 3.05) is 17.7 Å². The van der Waals surface area contributed by atoms with Crippen LogP contribution in [-0.2, 0) is 0 Å². The first-order valence-corrected chi connectivity index (χ1v) is 4.80. The summed E-state index contributed by atoms with van der Waals surface area (Å²) in [6.45, 7) is 0. The van der Waals surface area contributed by atoms with Gasteiger partial charge in [-0.05, 0) is 31.4 Å². The maximum absolute atomic E-state index is 4.39. The van der Waals surface area contributed by atoms with E-state index in [1.807, 2.05) is 25.2 Å². The van der Waals surface area contributed by atoms with E-state index < -0.39 is 0 Å². The average molecular weight is 177 g/mol. The number of rotatable bonds is 3. The van der Waals surface area contributed by atoms with Crippen LogP contribution < -0.4 is 10.6 Å². The first kappa shape index (κ1) is 8.35. The van der Waals surface area contributed by atoms with Gasteiger partial charge in [0.15, 0.2) is 0 Å². The van der Waals surface area contributed by atoms with Gasteiger partial charge in [0.05, 0.1) is 0 Å². The standard InChI is InChI=1S/C10H15N3/c1-11-9-6-3-7-10(13-9)12-8-4-2-5-8/h3,6-8H,2,4-5H2,1H3,(H2,11,12,13). The molecule has 3 nitrogen and oxygen atoms in total. The van der Waals surface area contributed by atoms with Crippen LogP contribution in [0.3, 0.4) is 0 Å². The fourth-order valence-electron chi connectivity index (χ4n) is 1.42. The quantitative estimate of drug-likeness (QED) is 0.742. The highest BCUT2D eigenvalue weighted by Crippen LogP contribution is 2.22. The Balaban J connectivity index is 2.01. The molecule has 1 fully saturated rings. The second kappa shape index (κ2) is 3.64. The molecule has 1 aromatic heterocycles. The fraction of sp³-hybridized carbons (Fsp3) is 0.500. The maximum Gasteiger partial charge on any atom is 0.128 e. The Bertz CT molecular complexity index is 281. The van der Waals surface area contributed by atoms with Crippen molar-refractivity contribution in [2.45, 2.75) is 25.3 Å². The Morgan fingerprint density at radius 2 is 2.08 bits per heavy atom. The number of hydrogen-bond acceptors (Lipinski definition) is 3. The van der Waals surface area contributed by atoms with E-state index >= 15 is 0 Å². The molecule has 0 radical (unpaired) electrons. The van der Waals surface area contributed by atoms with Crippen molar-refractivity contribution < 1.29 is 0 Å². The number of aromatic nitrogens is 1. The van der Waals surface area contributed by atoms with Crippen LogP contribution in [0.25, 0.3) is 0 Å². The van der Waals surface area contributed by atoms with Crippen molar-refractivity contribution in [3.63, 3.8) is 0 Å². The smallest absolute Gasteiger partial charge is 0.128 e. The van der Waals surface area contributed by atoms with Crippen LogP contribution in [0, 0.1) is 0 Å². The number of pyridine rings is 1. The molecule has 1 aromatic rings. The Kier molecular flexibility index (Phi) is 2.34. The molecular formula is C10H15N3. The molecule has 0 saturated heterocycles. The predicted octanol–water partition coefficient (Wildman–Crippen LogP) is 2.09. The van der Waals surface area contributed by atoms with Crippen molar-refractivity contribution in [1.82, 2.24) is 4.98 Å². The third-order valence-electron chi connectivity index (χ3n) is 2.46. The van der Waals surface area contributed by atoms with Gasteiger partial charge in [0.2, 0.25) is 0 Å². The van der Waals surface area contributed by atoms with E-state index in [1.165, 1.54) is 19.3 Å². The van der Waals surface area contributed by atoms with Crippen LogP contribution in [0.2, 0.25) is 0 Å². The van der Waals surface area contributed by atoms with E-state index in [9.17, 15) is 0 Å². The molecule has 1 saturated carbocycles. The normalized spacial score (nSPS) is 16.4. The van der Waals surface area contributed by atoms with Crippen LogP contribution >= 0.6 is 0 Å². The molecule has 1 heterocycles. The van der Waals surface area contributed by atoms with E-state index in [-0.39, 0.29) is 0 Å². The minimum Gasteiger partial charge on any atom is -0.373 e. The molecule has 3 heteroatoms. The number of nitrogens with one attached hydrogen (secondary N) is 2. The van der Waals surface area contributed by atoms with E-state index in [1.54, 1.807) is 0 Å². The van der Waals surface area contributed by atoms with Crippen molar-refractivity contribution in [3.05, 3.63) is 18.2 Å². The van der Waals surface area contributed by atoms with Gasteiger partial charge in [-0.15, -0.1) is 0 Å². The third kappa shape index (κ3) is 1.91. The summed E-state index contributed by atoms with van der Waals surface area (Å²) in [5, 5.41) is 6.43. The van der Waals surface area contributed by atoms with Crippen LogP contribution in [0.1, 0.15) is 19.3 Å². The molecule has 2 rings (SSSR count). The number of nitrogens with zero attached hydrogens (tertiary/aromatic N) is 1. The molecule has 13 heavy (non-hydrogen) atoms. The highest BCUT2D eigenvalue weighted by atomic mass is 15.1. The van der Waals surface area contributed by atoms with Gasteiger partial charge in [0.25, 0.3) is 0 Å². The summed E-state index contributed by atoms with van der Waals surface area (Å²) in [6.07, 6.45) is 3.92. The molecule has 0 amide bonds.